The molecule has 1 amide bonds. The van der Waals surface area contributed by atoms with Crippen LogP contribution in [0.15, 0.2) is 59.5 Å². The lowest BCUT2D eigenvalue weighted by Gasteiger charge is -2.29. The zero-order valence-electron chi connectivity index (χ0n) is 22.3. The Labute approximate surface area is 231 Å². The van der Waals surface area contributed by atoms with E-state index in [-0.39, 0.29) is 17.6 Å². The van der Waals surface area contributed by atoms with E-state index in [0.717, 1.165) is 59.0 Å². The number of nitrogens with zero attached hydrogens (tertiary/aromatic N) is 5. The third-order valence-corrected chi connectivity index (χ3v) is 8.33. The van der Waals surface area contributed by atoms with Gasteiger partial charge in [-0.3, -0.25) is 23.6 Å². The highest BCUT2D eigenvalue weighted by Crippen LogP contribution is 2.28. The van der Waals surface area contributed by atoms with Crippen molar-refractivity contribution in [3.05, 3.63) is 87.2 Å². The van der Waals surface area contributed by atoms with E-state index >= 15 is 0 Å². The Balaban J connectivity index is 1.22. The molecule has 2 aromatic carbocycles. The Hall–Kier alpha value is -3.91. The molecule has 3 heterocycles. The second-order valence-corrected chi connectivity index (χ2v) is 11.0. The first-order valence-electron chi connectivity index (χ1n) is 13.4. The summed E-state index contributed by atoms with van der Waals surface area (Å²) in [5, 5.41) is 9.21. The van der Waals surface area contributed by atoms with Gasteiger partial charge >= 0.3 is 5.69 Å². The number of aryl methyl sites for hydroxylation is 3. The zero-order valence-corrected chi connectivity index (χ0v) is 23.1. The fourth-order valence-corrected chi connectivity index (χ4v) is 5.99. The minimum atomic E-state index is -0.133. The molecule has 0 unspecified atom stereocenters. The zero-order chi connectivity index (χ0) is 27.3. The van der Waals surface area contributed by atoms with Gasteiger partial charge in [0.25, 0.3) is 5.91 Å². The van der Waals surface area contributed by atoms with Crippen LogP contribution in [0.3, 0.4) is 0 Å². The number of amides is 1. The van der Waals surface area contributed by atoms with E-state index < -0.39 is 0 Å². The van der Waals surface area contributed by atoms with Crippen molar-refractivity contribution in [1.82, 2.24) is 29.2 Å². The average Bonchev–Trinajstić information content (AvgIpc) is 3.38. The van der Waals surface area contributed by atoms with Crippen molar-refractivity contribution in [2.75, 3.05) is 0 Å². The number of hydrogen-bond acceptors (Lipinski definition) is 4. The molecule has 1 saturated carbocycles. The molecular weight excluding hydrogens is 512 g/mol. The molecule has 0 atom stereocenters. The van der Waals surface area contributed by atoms with Crippen molar-refractivity contribution < 1.29 is 4.79 Å². The summed E-state index contributed by atoms with van der Waals surface area (Å²) in [5.41, 5.74) is 5.81. The summed E-state index contributed by atoms with van der Waals surface area (Å²) in [5.74, 6) is 0.221. The number of fused-ring (bicyclic) bond motifs is 2. The van der Waals surface area contributed by atoms with Crippen LogP contribution < -0.4 is 11.0 Å². The van der Waals surface area contributed by atoms with Crippen molar-refractivity contribution in [2.24, 2.45) is 13.0 Å². The lowest BCUT2D eigenvalue weighted by atomic mass is 9.85. The first-order valence-corrected chi connectivity index (χ1v) is 13.7. The molecule has 0 aliphatic heterocycles. The molecule has 0 spiro atoms. The second kappa shape index (κ2) is 10.0. The van der Waals surface area contributed by atoms with Gasteiger partial charge in [0.05, 0.1) is 38.5 Å². The van der Waals surface area contributed by atoms with Crippen molar-refractivity contribution in [3.8, 4) is 5.69 Å². The van der Waals surface area contributed by atoms with E-state index in [4.69, 9.17) is 11.6 Å². The third kappa shape index (κ3) is 4.63. The van der Waals surface area contributed by atoms with E-state index in [1.807, 2.05) is 71.1 Å². The van der Waals surface area contributed by atoms with Gasteiger partial charge in [0.1, 0.15) is 0 Å². The number of nitrogens with one attached hydrogen (secondary N) is 1. The maximum absolute atomic E-state index is 13.8. The second-order valence-electron chi connectivity index (χ2n) is 10.6. The van der Waals surface area contributed by atoms with Crippen LogP contribution in [0.1, 0.15) is 47.4 Å². The molecule has 8 nitrogen and oxygen atoms in total. The van der Waals surface area contributed by atoms with Crippen LogP contribution in [0, 0.1) is 19.8 Å². The normalized spacial score (nSPS) is 17.6. The van der Waals surface area contributed by atoms with Gasteiger partial charge in [-0.1, -0.05) is 23.7 Å². The molecule has 0 radical (unpaired) electrons. The quantitative estimate of drug-likeness (QED) is 0.325. The molecule has 1 N–H and O–H groups in total. The average molecular weight is 543 g/mol. The lowest BCUT2D eigenvalue weighted by Crippen LogP contribution is -2.39. The Morgan fingerprint density at radius 2 is 1.79 bits per heavy atom. The minimum absolute atomic E-state index is 0.0311. The molecule has 200 valence electrons. The first-order chi connectivity index (χ1) is 18.8. The van der Waals surface area contributed by atoms with Crippen LogP contribution in [0.5, 0.6) is 0 Å². The highest BCUT2D eigenvalue weighted by atomic mass is 35.5. The summed E-state index contributed by atoms with van der Waals surface area (Å²) >= 11 is 6.05. The molecular formula is C30H31ClN6O2. The minimum Gasteiger partial charge on any atom is -0.349 e. The van der Waals surface area contributed by atoms with Crippen LogP contribution in [0.4, 0.5) is 0 Å². The van der Waals surface area contributed by atoms with Crippen LogP contribution in [-0.4, -0.2) is 35.8 Å². The highest BCUT2D eigenvalue weighted by molar-refractivity contribution is 6.30. The number of imidazole rings is 1. The van der Waals surface area contributed by atoms with Crippen LogP contribution >= 0.6 is 11.6 Å². The topological polar surface area (TPSA) is 86.7 Å². The number of rotatable bonds is 5. The number of carbonyl (C=O) groups is 1. The van der Waals surface area contributed by atoms with E-state index in [1.54, 1.807) is 12.3 Å². The van der Waals surface area contributed by atoms with Gasteiger partial charge in [-0.25, -0.2) is 4.79 Å². The maximum Gasteiger partial charge on any atom is 0.333 e. The smallest absolute Gasteiger partial charge is 0.333 e. The Kier molecular flexibility index (Phi) is 6.51. The number of hydrogen-bond donors (Lipinski definition) is 1. The Bertz CT molecular complexity index is 1770. The van der Waals surface area contributed by atoms with Crippen molar-refractivity contribution in [2.45, 2.75) is 52.1 Å². The molecule has 1 aliphatic rings. The fraction of sp³-hybridized carbons (Fsp3) is 0.333. The fourth-order valence-electron chi connectivity index (χ4n) is 5.83. The number of benzene rings is 2. The van der Waals surface area contributed by atoms with Gasteiger partial charge in [0.2, 0.25) is 0 Å². The number of aromatic nitrogens is 5. The van der Waals surface area contributed by atoms with E-state index in [1.165, 1.54) is 0 Å². The summed E-state index contributed by atoms with van der Waals surface area (Å²) in [7, 11) is 1.93. The van der Waals surface area contributed by atoms with Crippen molar-refractivity contribution in [1.29, 1.82) is 0 Å². The van der Waals surface area contributed by atoms with Gasteiger partial charge in [-0.2, -0.15) is 5.10 Å². The number of carbonyl (C=O) groups excluding carboxylic acids is 1. The molecule has 0 bridgehead atoms. The van der Waals surface area contributed by atoms with Gasteiger partial charge in [0.15, 0.2) is 0 Å². The van der Waals surface area contributed by atoms with Crippen LogP contribution in [0.25, 0.3) is 27.6 Å². The molecule has 6 rings (SSSR count). The van der Waals surface area contributed by atoms with Gasteiger partial charge in [-0.05, 0) is 81.8 Å². The van der Waals surface area contributed by atoms with E-state index in [2.05, 4.69) is 21.5 Å². The summed E-state index contributed by atoms with van der Waals surface area (Å²) in [6.45, 7) is 4.50. The van der Waals surface area contributed by atoms with E-state index in [0.29, 0.717) is 28.7 Å². The molecule has 5 aromatic rings. The molecule has 1 aliphatic carbocycles. The summed E-state index contributed by atoms with van der Waals surface area (Å²) in [6.07, 6.45) is 5.16. The lowest BCUT2D eigenvalue weighted by molar-refractivity contribution is 0.0919. The first kappa shape index (κ1) is 25.4. The van der Waals surface area contributed by atoms with Crippen LogP contribution in [-0.2, 0) is 13.6 Å². The summed E-state index contributed by atoms with van der Waals surface area (Å²) in [6, 6.07) is 15.8. The Morgan fingerprint density at radius 3 is 2.56 bits per heavy atom. The SMILES string of the molecule is Cc1ncc(Cl)cc1C(=O)NC1CCC(Cn2c(=O)n(-c3ccc4nn(C)c(C)c4c3)c3ccccc32)CC1. The Morgan fingerprint density at radius 1 is 1.05 bits per heavy atom. The van der Waals surface area contributed by atoms with Crippen molar-refractivity contribution in [3.63, 3.8) is 0 Å². The standard InChI is InChI=1S/C30H31ClN6O2/c1-18-24(14-21(31)16-32-18)29(38)33-22-10-8-20(9-11-22)17-36-27-6-4-5-7-28(27)37(30(36)39)23-12-13-26-25(15-23)19(2)35(3)34-26/h4-7,12-16,20,22H,8-11,17H2,1-3H3,(H,33,38). The number of para-hydroxylation sites is 2. The predicted molar refractivity (Wildman–Crippen MR) is 154 cm³/mol. The molecule has 3 aromatic heterocycles. The third-order valence-electron chi connectivity index (χ3n) is 8.13. The van der Waals surface area contributed by atoms with Crippen molar-refractivity contribution >= 4 is 39.4 Å². The summed E-state index contributed by atoms with van der Waals surface area (Å²) in [4.78, 5) is 30.9. The predicted octanol–water partition coefficient (Wildman–Crippen LogP) is 5.33. The van der Waals surface area contributed by atoms with Gasteiger partial charge in [-0.15, -0.1) is 0 Å². The summed E-state index contributed by atoms with van der Waals surface area (Å²) < 4.78 is 5.60. The highest BCUT2D eigenvalue weighted by Gasteiger charge is 2.26. The molecule has 9 heteroatoms. The largest absolute Gasteiger partial charge is 0.349 e. The molecule has 1 fully saturated rings. The molecule has 39 heavy (non-hydrogen) atoms. The van der Waals surface area contributed by atoms with Gasteiger partial charge in [0, 0.05) is 36.9 Å². The number of halogens is 1. The monoisotopic (exact) mass is 542 g/mol. The number of pyridine rings is 1. The van der Waals surface area contributed by atoms with Crippen LogP contribution in [0.2, 0.25) is 5.02 Å². The maximum atomic E-state index is 13.8. The van der Waals surface area contributed by atoms with Gasteiger partial charge < -0.3 is 5.32 Å². The van der Waals surface area contributed by atoms with E-state index in [9.17, 15) is 9.59 Å². The molecule has 0 saturated heterocycles.